The second kappa shape index (κ2) is 10.4. The minimum Gasteiger partial charge on any atom is -0.298 e. The number of hydrogen-bond donors (Lipinski definition) is 0. The Labute approximate surface area is 180 Å². The SMILES string of the molecule is Cc1ccc(/C=C(/CCCSc2ccc(C=O)cc2)c2cc(F)cc(F)c2)cc1C. The summed E-state index contributed by atoms with van der Waals surface area (Å²) in [6, 6.07) is 17.3. The molecule has 0 heterocycles. The van der Waals surface area contributed by atoms with Gasteiger partial charge in [-0.25, -0.2) is 8.78 Å². The topological polar surface area (TPSA) is 17.1 Å². The van der Waals surface area contributed by atoms with Gasteiger partial charge in [-0.15, -0.1) is 11.8 Å². The van der Waals surface area contributed by atoms with Crippen molar-refractivity contribution in [2.24, 2.45) is 0 Å². The van der Waals surface area contributed by atoms with Crippen LogP contribution in [0, 0.1) is 25.5 Å². The second-order valence-corrected chi connectivity index (χ2v) is 8.48. The lowest BCUT2D eigenvalue weighted by atomic mass is 9.97. The van der Waals surface area contributed by atoms with E-state index in [1.165, 1.54) is 23.3 Å². The molecular formula is C26H24F2OS. The summed E-state index contributed by atoms with van der Waals surface area (Å²) in [6.07, 6.45) is 4.41. The Kier molecular flexibility index (Phi) is 7.58. The first kappa shape index (κ1) is 22.0. The molecule has 0 spiro atoms. The van der Waals surface area contributed by atoms with Crippen molar-refractivity contribution in [2.75, 3.05) is 5.75 Å². The van der Waals surface area contributed by atoms with Gasteiger partial charge in [0.25, 0.3) is 0 Å². The molecule has 0 saturated heterocycles. The van der Waals surface area contributed by atoms with E-state index in [9.17, 15) is 13.6 Å². The maximum atomic E-state index is 13.8. The first-order valence-electron chi connectivity index (χ1n) is 9.87. The quantitative estimate of drug-likeness (QED) is 0.162. The van der Waals surface area contributed by atoms with Gasteiger partial charge in [0.05, 0.1) is 0 Å². The number of halogens is 2. The third-order valence-corrected chi connectivity index (χ3v) is 6.08. The summed E-state index contributed by atoms with van der Waals surface area (Å²) in [7, 11) is 0. The zero-order valence-electron chi connectivity index (χ0n) is 17.1. The second-order valence-electron chi connectivity index (χ2n) is 7.31. The van der Waals surface area contributed by atoms with Crippen molar-refractivity contribution in [2.45, 2.75) is 31.6 Å². The molecule has 0 bridgehead atoms. The van der Waals surface area contributed by atoms with Crippen LogP contribution in [0.5, 0.6) is 0 Å². The molecule has 154 valence electrons. The van der Waals surface area contributed by atoms with E-state index in [4.69, 9.17) is 0 Å². The summed E-state index contributed by atoms with van der Waals surface area (Å²) in [5, 5.41) is 0. The van der Waals surface area contributed by atoms with Crippen LogP contribution in [0.25, 0.3) is 11.6 Å². The monoisotopic (exact) mass is 422 g/mol. The van der Waals surface area contributed by atoms with E-state index in [2.05, 4.69) is 26.0 Å². The molecule has 3 rings (SSSR count). The summed E-state index contributed by atoms with van der Waals surface area (Å²) in [5.74, 6) is -0.274. The van der Waals surface area contributed by atoms with Crippen LogP contribution in [0.2, 0.25) is 0 Å². The van der Waals surface area contributed by atoms with Crippen LogP contribution in [-0.4, -0.2) is 12.0 Å². The lowest BCUT2D eigenvalue weighted by molar-refractivity contribution is 0.112. The maximum Gasteiger partial charge on any atom is 0.150 e. The number of thioether (sulfide) groups is 1. The molecule has 3 aromatic rings. The summed E-state index contributed by atoms with van der Waals surface area (Å²) in [5.41, 5.74) is 5.56. The highest BCUT2D eigenvalue weighted by molar-refractivity contribution is 7.99. The van der Waals surface area contributed by atoms with Gasteiger partial charge in [-0.1, -0.05) is 36.4 Å². The first-order valence-corrected chi connectivity index (χ1v) is 10.9. The molecule has 0 aliphatic heterocycles. The molecule has 0 aliphatic rings. The Bertz CT molecular complexity index is 1030. The van der Waals surface area contributed by atoms with Crippen molar-refractivity contribution in [3.05, 3.63) is 100 Å². The molecule has 0 aliphatic carbocycles. The fraction of sp³-hybridized carbons (Fsp3) is 0.192. The molecule has 4 heteroatoms. The number of aryl methyl sites for hydroxylation is 2. The lowest BCUT2D eigenvalue weighted by Crippen LogP contribution is -1.92. The summed E-state index contributed by atoms with van der Waals surface area (Å²) < 4.78 is 27.6. The van der Waals surface area contributed by atoms with Gasteiger partial charge in [-0.3, -0.25) is 4.79 Å². The van der Waals surface area contributed by atoms with E-state index < -0.39 is 11.6 Å². The standard InChI is InChI=1S/C26H24F2OS/c1-18-5-6-21(12-19(18)2)13-22(23-14-24(27)16-25(28)15-23)4-3-11-30-26-9-7-20(17-29)8-10-26/h5-10,12-17H,3-4,11H2,1-2H3/b22-13-. The van der Waals surface area contributed by atoms with Crippen molar-refractivity contribution in [3.8, 4) is 0 Å². The summed E-state index contributed by atoms with van der Waals surface area (Å²) in [4.78, 5) is 11.9. The molecule has 0 amide bonds. The third-order valence-electron chi connectivity index (χ3n) is 4.98. The van der Waals surface area contributed by atoms with E-state index in [1.54, 1.807) is 23.9 Å². The van der Waals surface area contributed by atoms with Crippen molar-refractivity contribution < 1.29 is 13.6 Å². The fourth-order valence-corrected chi connectivity index (χ4v) is 4.04. The van der Waals surface area contributed by atoms with Crippen LogP contribution in [0.3, 0.4) is 0 Å². The van der Waals surface area contributed by atoms with E-state index in [0.29, 0.717) is 17.5 Å². The predicted molar refractivity (Wildman–Crippen MR) is 122 cm³/mol. The van der Waals surface area contributed by atoms with Gasteiger partial charge in [0, 0.05) is 16.5 Å². The molecule has 0 unspecified atom stereocenters. The van der Waals surface area contributed by atoms with Crippen LogP contribution in [0.1, 0.15) is 45.5 Å². The maximum absolute atomic E-state index is 13.8. The number of benzene rings is 3. The summed E-state index contributed by atoms with van der Waals surface area (Å²) in [6.45, 7) is 4.12. The highest BCUT2D eigenvalue weighted by atomic mass is 32.2. The molecule has 0 radical (unpaired) electrons. The Hall–Kier alpha value is -2.72. The zero-order valence-corrected chi connectivity index (χ0v) is 17.9. The Morgan fingerprint density at radius 3 is 2.17 bits per heavy atom. The van der Waals surface area contributed by atoms with Crippen LogP contribution in [0.4, 0.5) is 8.78 Å². The molecular weight excluding hydrogens is 398 g/mol. The van der Waals surface area contributed by atoms with Crippen molar-refractivity contribution in [1.82, 2.24) is 0 Å². The number of hydrogen-bond acceptors (Lipinski definition) is 2. The van der Waals surface area contributed by atoms with Gasteiger partial charge in [-0.2, -0.15) is 0 Å². The molecule has 0 N–H and O–H groups in total. The van der Waals surface area contributed by atoms with Gasteiger partial charge >= 0.3 is 0 Å². The largest absolute Gasteiger partial charge is 0.298 e. The average molecular weight is 423 g/mol. The average Bonchev–Trinajstić information content (AvgIpc) is 2.72. The van der Waals surface area contributed by atoms with E-state index in [0.717, 1.165) is 40.6 Å². The Morgan fingerprint density at radius 2 is 1.53 bits per heavy atom. The van der Waals surface area contributed by atoms with E-state index >= 15 is 0 Å². The smallest absolute Gasteiger partial charge is 0.150 e. The van der Waals surface area contributed by atoms with Gasteiger partial charge in [0.1, 0.15) is 17.9 Å². The molecule has 30 heavy (non-hydrogen) atoms. The van der Waals surface area contributed by atoms with Crippen molar-refractivity contribution in [1.29, 1.82) is 0 Å². The minimum absolute atomic E-state index is 0.569. The number of carbonyl (C=O) groups is 1. The van der Waals surface area contributed by atoms with E-state index in [1.807, 2.05) is 24.3 Å². The number of carbonyl (C=O) groups excluding carboxylic acids is 1. The zero-order chi connectivity index (χ0) is 21.5. The van der Waals surface area contributed by atoms with Crippen LogP contribution < -0.4 is 0 Å². The molecule has 0 atom stereocenters. The van der Waals surface area contributed by atoms with Crippen molar-refractivity contribution >= 4 is 29.7 Å². The molecule has 3 aromatic carbocycles. The fourth-order valence-electron chi connectivity index (χ4n) is 3.19. The van der Waals surface area contributed by atoms with Crippen LogP contribution in [-0.2, 0) is 0 Å². The molecule has 0 aromatic heterocycles. The highest BCUT2D eigenvalue weighted by Gasteiger charge is 2.08. The molecule has 0 fully saturated rings. The van der Waals surface area contributed by atoms with Gasteiger partial charge in [-0.05, 0) is 84.5 Å². The number of allylic oxidation sites excluding steroid dienone is 1. The first-order chi connectivity index (χ1) is 14.4. The van der Waals surface area contributed by atoms with E-state index in [-0.39, 0.29) is 0 Å². The summed E-state index contributed by atoms with van der Waals surface area (Å²) >= 11 is 1.70. The van der Waals surface area contributed by atoms with Crippen LogP contribution >= 0.6 is 11.8 Å². The Balaban J connectivity index is 1.75. The lowest BCUT2D eigenvalue weighted by Gasteiger charge is -2.10. The number of rotatable bonds is 8. The minimum atomic E-state index is -0.569. The van der Waals surface area contributed by atoms with Gasteiger partial charge in [0.15, 0.2) is 0 Å². The Morgan fingerprint density at radius 1 is 0.867 bits per heavy atom. The third kappa shape index (κ3) is 6.14. The van der Waals surface area contributed by atoms with Crippen molar-refractivity contribution in [3.63, 3.8) is 0 Å². The number of aldehydes is 1. The predicted octanol–water partition coefficient (Wildman–Crippen LogP) is 7.51. The highest BCUT2D eigenvalue weighted by Crippen LogP contribution is 2.28. The van der Waals surface area contributed by atoms with Crippen LogP contribution in [0.15, 0.2) is 65.6 Å². The van der Waals surface area contributed by atoms with Gasteiger partial charge < -0.3 is 0 Å². The molecule has 1 nitrogen and oxygen atoms in total. The molecule has 0 saturated carbocycles. The normalized spacial score (nSPS) is 11.5. The van der Waals surface area contributed by atoms with Gasteiger partial charge in [0.2, 0.25) is 0 Å².